The van der Waals surface area contributed by atoms with E-state index in [0.29, 0.717) is 0 Å². The van der Waals surface area contributed by atoms with Crippen LogP contribution in [-0.2, 0) is 0 Å². The van der Waals surface area contributed by atoms with E-state index in [1.54, 1.807) is 11.3 Å². The smallest absolute Gasteiger partial charge is 0.0907 e. The molecule has 0 fully saturated rings. The van der Waals surface area contributed by atoms with Gasteiger partial charge < -0.3 is 0 Å². The third-order valence-electron chi connectivity index (χ3n) is 2.25. The Bertz CT molecular complexity index is 482. The molecule has 0 aromatic carbocycles. The Hall–Kier alpha value is -1.89. The van der Waals surface area contributed by atoms with Crippen LogP contribution in [0.2, 0.25) is 0 Å². The van der Waals surface area contributed by atoms with Gasteiger partial charge in [-0.2, -0.15) is 0 Å². The molecule has 1 aliphatic rings. The van der Waals surface area contributed by atoms with Gasteiger partial charge in [0.2, 0.25) is 0 Å². The summed E-state index contributed by atoms with van der Waals surface area (Å²) in [6.45, 7) is 6.39. The summed E-state index contributed by atoms with van der Waals surface area (Å²) in [6, 6.07) is 0. The summed E-state index contributed by atoms with van der Waals surface area (Å²) >= 11 is 1.78. The minimum atomic E-state index is 0. The van der Waals surface area contributed by atoms with E-state index in [2.05, 4.69) is 37.9 Å². The van der Waals surface area contributed by atoms with Crippen LogP contribution in [0.5, 0.6) is 0 Å². The number of aromatic nitrogens is 1. The van der Waals surface area contributed by atoms with Gasteiger partial charge >= 0.3 is 0 Å². The molecule has 14 heavy (non-hydrogen) atoms. The number of fused-ring (bicyclic) bond motifs is 1. The van der Waals surface area contributed by atoms with Crippen LogP contribution in [0, 0.1) is 6.92 Å². The SMILES string of the molecule is CC1=CCC(C)=c2nc(C)sc2=C1.[Lr]. The van der Waals surface area contributed by atoms with Gasteiger partial charge in [0.1, 0.15) is 0 Å². The largest absolute Gasteiger partial charge is 0.242 e. The van der Waals surface area contributed by atoms with Gasteiger partial charge in [0.05, 0.1) is 14.9 Å². The molecule has 0 aliphatic heterocycles. The van der Waals surface area contributed by atoms with E-state index in [-0.39, 0.29) is 0 Å². The first-order valence-electron chi connectivity index (χ1n) is 4.48. The van der Waals surface area contributed by atoms with Crippen LogP contribution in [0.4, 0.5) is 0 Å². The fourth-order valence-electron chi connectivity index (χ4n) is 1.52. The van der Waals surface area contributed by atoms with E-state index < -0.39 is 0 Å². The van der Waals surface area contributed by atoms with Gasteiger partial charge in [0.15, 0.2) is 0 Å². The summed E-state index contributed by atoms with van der Waals surface area (Å²) in [5.41, 5.74) is 2.73. The molecule has 0 saturated carbocycles. The summed E-state index contributed by atoms with van der Waals surface area (Å²) in [7, 11) is 0. The van der Waals surface area contributed by atoms with Crippen molar-refractivity contribution in [3.63, 3.8) is 0 Å². The molecule has 0 saturated heterocycles. The Morgan fingerprint density at radius 3 is 2.71 bits per heavy atom. The zero-order valence-corrected chi connectivity index (χ0v) is 11.4. The summed E-state index contributed by atoms with van der Waals surface area (Å²) in [5, 5.41) is 2.37. The van der Waals surface area contributed by atoms with Crippen molar-refractivity contribution in [1.82, 2.24) is 4.98 Å². The van der Waals surface area contributed by atoms with E-state index >= 15 is 0 Å². The molecular weight excluding hydrogens is 440 g/mol. The molecule has 0 N–H and O–H groups in total. The normalized spacial score (nSPS) is 14.8. The molecule has 0 spiro atoms. The Morgan fingerprint density at radius 2 is 2.00 bits per heavy atom. The first kappa shape index (κ1) is 10.2. The van der Waals surface area contributed by atoms with Crippen molar-refractivity contribution in [2.75, 3.05) is 0 Å². The van der Waals surface area contributed by atoms with Gasteiger partial charge in [-0.05, 0) is 38.8 Å². The Labute approximate surface area is 82.1 Å². The van der Waals surface area contributed by atoms with Crippen LogP contribution in [0.25, 0.3) is 11.6 Å². The van der Waals surface area contributed by atoms with E-state index in [1.165, 1.54) is 21.0 Å². The van der Waals surface area contributed by atoms with Crippen LogP contribution >= 0.6 is 11.3 Å². The van der Waals surface area contributed by atoms with E-state index in [1.807, 2.05) is 0 Å². The van der Waals surface area contributed by atoms with Gasteiger partial charge in [-0.25, -0.2) is 4.98 Å². The fraction of sp³-hybridized carbons (Fsp3) is 0.364. The average molecular weight is 453 g/mol. The second-order valence-corrected chi connectivity index (χ2v) is 4.76. The van der Waals surface area contributed by atoms with Crippen LogP contribution in [0.1, 0.15) is 25.3 Å². The summed E-state index contributed by atoms with van der Waals surface area (Å²) < 4.78 is 1.32. The number of thiazole rings is 1. The molecule has 1 aromatic rings. The van der Waals surface area contributed by atoms with Gasteiger partial charge in [-0.1, -0.05) is 11.6 Å². The van der Waals surface area contributed by atoms with Crippen LogP contribution < -0.4 is 9.88 Å². The van der Waals surface area contributed by atoms with Gasteiger partial charge in [0.25, 0.3) is 0 Å². The second-order valence-electron chi connectivity index (χ2n) is 3.52. The number of allylic oxidation sites excluding steroid dienone is 2. The van der Waals surface area contributed by atoms with Crippen molar-refractivity contribution in [3.8, 4) is 0 Å². The second kappa shape index (κ2) is 3.46. The molecular formula is C11H13LrNS. The molecule has 3 heteroatoms. The summed E-state index contributed by atoms with van der Waals surface area (Å²) in [5.74, 6) is 0. The van der Waals surface area contributed by atoms with Crippen LogP contribution in [-0.4, -0.2) is 4.98 Å². The van der Waals surface area contributed by atoms with Crippen molar-refractivity contribution in [3.05, 3.63) is 26.5 Å². The zero-order chi connectivity index (χ0) is 9.42. The molecule has 1 heterocycles. The zero-order valence-electron chi connectivity index (χ0n) is 8.48. The maximum atomic E-state index is 4.54. The molecule has 2 rings (SSSR count). The van der Waals surface area contributed by atoms with Crippen molar-refractivity contribution in [2.24, 2.45) is 0 Å². The maximum Gasteiger partial charge on any atom is 0.0907 e. The molecule has 1 nitrogen and oxygen atoms in total. The molecule has 1 radical (unpaired) electrons. The standard InChI is InChI=1S/C11H13NS.Lr/c1-7-4-5-8(2)11-10(6-7)13-9(3)12-11;/h4,6H,5H2,1-3H3;. The minimum Gasteiger partial charge on any atom is -0.242 e. The Balaban J connectivity index is 0.000000980. The third-order valence-corrected chi connectivity index (χ3v) is 3.17. The van der Waals surface area contributed by atoms with Gasteiger partial charge in [0, 0.05) is 0 Å². The fourth-order valence-corrected chi connectivity index (χ4v) is 2.54. The van der Waals surface area contributed by atoms with E-state index in [9.17, 15) is 0 Å². The predicted octanol–water partition coefficient (Wildman–Crippen LogP) is 1.75. The van der Waals surface area contributed by atoms with Gasteiger partial charge in [-0.3, -0.25) is 0 Å². The van der Waals surface area contributed by atoms with Crippen LogP contribution in [0.15, 0.2) is 11.6 Å². The monoisotopic (exact) mass is 453 g/mol. The molecule has 83 valence electrons. The molecule has 0 atom stereocenters. The predicted molar refractivity (Wildman–Crippen MR) is 58.0 cm³/mol. The van der Waals surface area contributed by atoms with Crippen molar-refractivity contribution in [1.29, 1.82) is 0 Å². The molecule has 0 unspecified atom stereocenters. The molecule has 1 aliphatic carbocycles. The van der Waals surface area contributed by atoms with E-state index in [0.717, 1.165) is 11.4 Å². The number of hydrogen-bond donors (Lipinski definition) is 0. The molecule has 1 aromatic heterocycles. The van der Waals surface area contributed by atoms with Crippen LogP contribution in [0.3, 0.4) is 0 Å². The number of hydrogen-bond acceptors (Lipinski definition) is 2. The summed E-state index contributed by atoms with van der Waals surface area (Å²) in [4.78, 5) is 4.54. The number of nitrogens with zero attached hydrogens (tertiary/aromatic N) is 1. The average Bonchev–Trinajstić information content (AvgIpc) is 2.37. The Morgan fingerprint density at radius 1 is 1.29 bits per heavy atom. The maximum absolute atomic E-state index is 4.54. The summed E-state index contributed by atoms with van der Waals surface area (Å²) in [6.07, 6.45) is 5.54. The topological polar surface area (TPSA) is 12.9 Å². The molecule has 0 amide bonds. The number of aryl methyl sites for hydroxylation is 1. The quantitative estimate of drug-likeness (QED) is 0.584. The first-order valence-corrected chi connectivity index (χ1v) is 5.30. The van der Waals surface area contributed by atoms with Crippen molar-refractivity contribution >= 4 is 23.0 Å². The van der Waals surface area contributed by atoms with Crippen molar-refractivity contribution < 1.29 is 0 Å². The Kier molecular flexibility index (Phi) is 2.52. The van der Waals surface area contributed by atoms with Gasteiger partial charge in [-0.15, -0.1) is 11.3 Å². The number of rotatable bonds is 0. The van der Waals surface area contributed by atoms with Crippen molar-refractivity contribution in [2.45, 2.75) is 27.2 Å². The minimum absolute atomic E-state index is 0. The molecule has 0 bridgehead atoms. The third kappa shape index (κ3) is 1.57. The van der Waals surface area contributed by atoms with E-state index in [4.69, 9.17) is 0 Å². The first-order chi connectivity index (χ1) is 6.16.